The van der Waals surface area contributed by atoms with E-state index < -0.39 is 0 Å². The first-order chi connectivity index (χ1) is 13.7. The van der Waals surface area contributed by atoms with Gasteiger partial charge in [-0.25, -0.2) is 9.97 Å². The second kappa shape index (κ2) is 7.98. The van der Waals surface area contributed by atoms with Crippen LogP contribution in [-0.2, 0) is 11.2 Å². The van der Waals surface area contributed by atoms with E-state index in [-0.39, 0.29) is 18.4 Å². The van der Waals surface area contributed by atoms with Gasteiger partial charge in [-0.15, -0.1) is 11.3 Å². The fourth-order valence-electron chi connectivity index (χ4n) is 3.63. The van der Waals surface area contributed by atoms with Gasteiger partial charge < -0.3 is 15.2 Å². The Hall–Kier alpha value is -2.92. The van der Waals surface area contributed by atoms with E-state index in [1.807, 2.05) is 30.7 Å². The quantitative estimate of drug-likeness (QED) is 0.689. The lowest BCUT2D eigenvalue weighted by atomic mass is 10.0. The molecule has 4 heterocycles. The van der Waals surface area contributed by atoms with Gasteiger partial charge in [0.1, 0.15) is 17.1 Å². The number of nitriles is 1. The van der Waals surface area contributed by atoms with Crippen LogP contribution in [-0.4, -0.2) is 44.9 Å². The lowest BCUT2D eigenvalue weighted by Gasteiger charge is -2.33. The number of pyridine rings is 1. The number of carbonyl (C=O) groups excluding carboxylic acids is 1. The van der Waals surface area contributed by atoms with Crippen LogP contribution >= 0.6 is 11.3 Å². The number of piperidine rings is 1. The molecule has 3 aromatic heterocycles. The maximum absolute atomic E-state index is 12.1. The molecule has 1 saturated heterocycles. The van der Waals surface area contributed by atoms with E-state index in [9.17, 15) is 4.79 Å². The molecule has 0 bridgehead atoms. The molecule has 0 aliphatic carbocycles. The number of aromatic amines is 1. The van der Waals surface area contributed by atoms with Gasteiger partial charge in [0, 0.05) is 48.0 Å². The topological polar surface area (TPSA) is 97.7 Å². The summed E-state index contributed by atoms with van der Waals surface area (Å²) in [5, 5.41) is 14.4. The highest BCUT2D eigenvalue weighted by Crippen LogP contribution is 2.36. The van der Waals surface area contributed by atoms with E-state index >= 15 is 0 Å². The molecule has 0 spiro atoms. The fraction of sp³-hybridized carbons (Fsp3) is 0.400. The van der Waals surface area contributed by atoms with Crippen LogP contribution in [0.2, 0.25) is 0 Å². The Bertz CT molecular complexity index is 1030. The van der Waals surface area contributed by atoms with Crippen LogP contribution in [0.3, 0.4) is 0 Å². The highest BCUT2D eigenvalue weighted by molar-refractivity contribution is 7.15. The molecule has 0 saturated carbocycles. The highest BCUT2D eigenvalue weighted by atomic mass is 32.1. The Kier molecular flexibility index (Phi) is 5.26. The number of fused-ring (bicyclic) bond motifs is 1. The summed E-state index contributed by atoms with van der Waals surface area (Å²) in [5.74, 6) is -0.0942. The van der Waals surface area contributed by atoms with Crippen molar-refractivity contribution in [1.82, 2.24) is 19.9 Å². The lowest BCUT2D eigenvalue weighted by molar-refractivity contribution is -0.131. The molecule has 1 aliphatic heterocycles. The van der Waals surface area contributed by atoms with Gasteiger partial charge in [-0.05, 0) is 25.3 Å². The molecule has 1 atom stereocenters. The Morgan fingerprint density at radius 2 is 2.36 bits per heavy atom. The van der Waals surface area contributed by atoms with Gasteiger partial charge in [0.15, 0.2) is 0 Å². The Morgan fingerprint density at radius 3 is 3.14 bits per heavy atom. The van der Waals surface area contributed by atoms with Gasteiger partial charge in [-0.1, -0.05) is 6.92 Å². The summed E-state index contributed by atoms with van der Waals surface area (Å²) < 4.78 is 0. The van der Waals surface area contributed by atoms with E-state index in [2.05, 4.69) is 27.2 Å². The van der Waals surface area contributed by atoms with E-state index in [0.29, 0.717) is 13.1 Å². The summed E-state index contributed by atoms with van der Waals surface area (Å²) >= 11 is 1.68. The number of anilines is 1. The molecule has 1 fully saturated rings. The largest absolute Gasteiger partial charge is 0.379 e. The number of nitrogens with one attached hydrogen (secondary N) is 2. The number of rotatable bonds is 5. The average Bonchev–Trinajstić information content (AvgIpc) is 3.38. The van der Waals surface area contributed by atoms with Crippen LogP contribution < -0.4 is 5.32 Å². The summed E-state index contributed by atoms with van der Waals surface area (Å²) in [6.07, 6.45) is 8.46. The van der Waals surface area contributed by atoms with Crippen molar-refractivity contribution in [3.63, 3.8) is 0 Å². The number of carbonyl (C=O) groups is 1. The number of likely N-dealkylation sites (tertiary alicyclic amines) is 1. The Balaban J connectivity index is 1.65. The van der Waals surface area contributed by atoms with Gasteiger partial charge in [0.2, 0.25) is 5.91 Å². The third kappa shape index (κ3) is 3.58. The number of thiazole rings is 1. The van der Waals surface area contributed by atoms with Gasteiger partial charge >= 0.3 is 0 Å². The highest BCUT2D eigenvalue weighted by Gasteiger charge is 2.25. The van der Waals surface area contributed by atoms with Crippen LogP contribution in [0.25, 0.3) is 21.6 Å². The Labute approximate surface area is 167 Å². The molecule has 2 N–H and O–H groups in total. The number of hydrogen-bond donors (Lipinski definition) is 2. The van der Waals surface area contributed by atoms with E-state index in [4.69, 9.17) is 5.26 Å². The van der Waals surface area contributed by atoms with Crippen molar-refractivity contribution in [2.45, 2.75) is 38.6 Å². The van der Waals surface area contributed by atoms with Gasteiger partial charge in [-0.3, -0.25) is 4.79 Å². The number of hydrogen-bond acceptors (Lipinski definition) is 6. The molecular formula is C20H22N6OS. The molecule has 3 aromatic rings. The molecule has 0 unspecified atom stereocenters. The predicted octanol–water partition coefficient (Wildman–Crippen LogP) is 3.57. The summed E-state index contributed by atoms with van der Waals surface area (Å²) in [4.78, 5) is 27.5. The smallest absolute Gasteiger partial charge is 0.236 e. The first-order valence-corrected chi connectivity index (χ1v) is 10.3. The minimum atomic E-state index is -0.0942. The number of aromatic nitrogens is 3. The number of nitrogens with zero attached hydrogens (tertiary/aromatic N) is 4. The first kappa shape index (κ1) is 18.4. The predicted molar refractivity (Wildman–Crippen MR) is 110 cm³/mol. The van der Waals surface area contributed by atoms with Crippen LogP contribution in [0.4, 0.5) is 5.69 Å². The van der Waals surface area contributed by atoms with Gasteiger partial charge in [-0.2, -0.15) is 5.26 Å². The van der Waals surface area contributed by atoms with E-state index in [0.717, 1.165) is 46.6 Å². The molecular weight excluding hydrogens is 372 g/mol. The minimum absolute atomic E-state index is 0.0613. The molecule has 8 heteroatoms. The summed E-state index contributed by atoms with van der Waals surface area (Å²) in [6, 6.07) is 4.10. The van der Waals surface area contributed by atoms with Gasteiger partial charge in [0.25, 0.3) is 0 Å². The maximum Gasteiger partial charge on any atom is 0.236 e. The van der Waals surface area contributed by atoms with E-state index in [1.54, 1.807) is 16.2 Å². The van der Waals surface area contributed by atoms with Crippen molar-refractivity contribution in [3.05, 3.63) is 29.5 Å². The number of H-pyrrole nitrogens is 1. The SMILES string of the molecule is CCc1cnc(-c2cnc3[nH]ccc3c2N[C@@H]2CCCN(C(=O)CC#N)C2)s1. The van der Waals surface area contributed by atoms with Crippen molar-refractivity contribution in [2.24, 2.45) is 0 Å². The Morgan fingerprint density at radius 1 is 1.46 bits per heavy atom. The standard InChI is InChI=1S/C20H22N6OS/c1-2-14-10-24-20(28-14)16-11-23-19-15(6-8-22-19)18(16)25-13-4-3-9-26(12-13)17(27)5-7-21/h6,8,10-11,13H,2-5,9,12H2,1H3,(H2,22,23,25)/t13-/m1/s1. The van der Waals surface area contributed by atoms with Crippen molar-refractivity contribution in [3.8, 4) is 16.6 Å². The molecule has 1 amide bonds. The zero-order chi connectivity index (χ0) is 19.5. The van der Waals surface area contributed by atoms with Crippen molar-refractivity contribution >= 4 is 34.0 Å². The first-order valence-electron chi connectivity index (χ1n) is 9.52. The lowest BCUT2D eigenvalue weighted by Crippen LogP contribution is -2.45. The average molecular weight is 395 g/mol. The van der Waals surface area contributed by atoms with Crippen LogP contribution in [0.5, 0.6) is 0 Å². The number of amides is 1. The normalized spacial score (nSPS) is 16.9. The van der Waals surface area contributed by atoms with E-state index in [1.165, 1.54) is 4.88 Å². The van der Waals surface area contributed by atoms with Crippen LogP contribution in [0.1, 0.15) is 31.1 Å². The second-order valence-electron chi connectivity index (χ2n) is 6.93. The van der Waals surface area contributed by atoms with Crippen LogP contribution in [0.15, 0.2) is 24.7 Å². The van der Waals surface area contributed by atoms with Crippen LogP contribution in [0, 0.1) is 11.3 Å². The zero-order valence-corrected chi connectivity index (χ0v) is 16.6. The molecule has 7 nitrogen and oxygen atoms in total. The summed E-state index contributed by atoms with van der Waals surface area (Å²) in [6.45, 7) is 3.44. The second-order valence-corrected chi connectivity index (χ2v) is 8.05. The monoisotopic (exact) mass is 394 g/mol. The molecule has 0 aromatic carbocycles. The molecule has 4 rings (SSSR count). The van der Waals surface area contributed by atoms with Crippen molar-refractivity contribution in [2.75, 3.05) is 18.4 Å². The molecule has 28 heavy (non-hydrogen) atoms. The van der Waals surface area contributed by atoms with Crippen molar-refractivity contribution < 1.29 is 4.79 Å². The number of aryl methyl sites for hydroxylation is 1. The molecule has 0 radical (unpaired) electrons. The third-order valence-corrected chi connectivity index (χ3v) is 6.25. The molecule has 1 aliphatic rings. The summed E-state index contributed by atoms with van der Waals surface area (Å²) in [7, 11) is 0. The van der Waals surface area contributed by atoms with Crippen molar-refractivity contribution in [1.29, 1.82) is 5.26 Å². The summed E-state index contributed by atoms with van der Waals surface area (Å²) in [5.41, 5.74) is 2.81. The fourth-order valence-corrected chi connectivity index (χ4v) is 4.49. The minimum Gasteiger partial charge on any atom is -0.379 e. The third-order valence-electron chi connectivity index (χ3n) is 5.07. The zero-order valence-electron chi connectivity index (χ0n) is 15.7. The maximum atomic E-state index is 12.1. The molecule has 144 valence electrons. The van der Waals surface area contributed by atoms with Gasteiger partial charge in [0.05, 0.1) is 17.3 Å².